The van der Waals surface area contributed by atoms with Crippen molar-refractivity contribution in [1.82, 2.24) is 4.31 Å². The number of sulfonamides is 1. The van der Waals surface area contributed by atoms with Gasteiger partial charge in [0.1, 0.15) is 4.90 Å². The Kier molecular flexibility index (Phi) is 3.34. The zero-order valence-electron chi connectivity index (χ0n) is 9.56. The van der Waals surface area contributed by atoms with Crippen molar-refractivity contribution in [1.29, 1.82) is 0 Å². The minimum atomic E-state index is -3.50. The van der Waals surface area contributed by atoms with E-state index >= 15 is 0 Å². The first-order valence-corrected chi connectivity index (χ1v) is 7.28. The van der Waals surface area contributed by atoms with Gasteiger partial charge in [-0.1, -0.05) is 18.5 Å². The van der Waals surface area contributed by atoms with E-state index in [1.165, 1.54) is 16.4 Å². The van der Waals surface area contributed by atoms with Gasteiger partial charge < -0.3 is 5.73 Å². The molecule has 1 unspecified atom stereocenters. The van der Waals surface area contributed by atoms with Crippen molar-refractivity contribution >= 4 is 27.3 Å². The fraction of sp³-hybridized carbons (Fsp3) is 0.455. The molecule has 0 bridgehead atoms. The Morgan fingerprint density at radius 3 is 2.76 bits per heavy atom. The Bertz CT molecular complexity index is 530. The van der Waals surface area contributed by atoms with Gasteiger partial charge in [0.15, 0.2) is 0 Å². The molecule has 1 aromatic carbocycles. The minimum absolute atomic E-state index is 0.105. The molecule has 1 heterocycles. The van der Waals surface area contributed by atoms with Gasteiger partial charge in [-0.05, 0) is 30.5 Å². The highest BCUT2D eigenvalue weighted by molar-refractivity contribution is 7.89. The average molecular weight is 275 g/mol. The van der Waals surface area contributed by atoms with E-state index in [1.54, 1.807) is 6.07 Å². The molecule has 0 amide bonds. The van der Waals surface area contributed by atoms with Crippen molar-refractivity contribution in [3.05, 3.63) is 23.2 Å². The molecule has 0 aliphatic carbocycles. The lowest BCUT2D eigenvalue weighted by molar-refractivity contribution is 0.464. The zero-order chi connectivity index (χ0) is 12.6. The van der Waals surface area contributed by atoms with Crippen LogP contribution in [0.2, 0.25) is 5.02 Å². The Hall–Kier alpha value is -0.780. The van der Waals surface area contributed by atoms with Gasteiger partial charge in [0.05, 0.1) is 5.02 Å². The lowest BCUT2D eigenvalue weighted by Gasteiger charge is -2.17. The van der Waals surface area contributed by atoms with Crippen LogP contribution in [0.1, 0.15) is 13.3 Å². The maximum Gasteiger partial charge on any atom is 0.244 e. The van der Waals surface area contributed by atoms with Gasteiger partial charge in [0, 0.05) is 18.8 Å². The third kappa shape index (κ3) is 2.41. The Balaban J connectivity index is 2.41. The second-order valence-electron chi connectivity index (χ2n) is 4.45. The molecule has 17 heavy (non-hydrogen) atoms. The Labute approximate surface area is 106 Å². The van der Waals surface area contributed by atoms with Crippen molar-refractivity contribution < 1.29 is 8.42 Å². The molecule has 1 aliphatic heterocycles. The summed E-state index contributed by atoms with van der Waals surface area (Å²) in [6.07, 6.45) is 0.888. The van der Waals surface area contributed by atoms with E-state index in [2.05, 4.69) is 0 Å². The van der Waals surface area contributed by atoms with Crippen LogP contribution in [0.5, 0.6) is 0 Å². The van der Waals surface area contributed by atoms with E-state index in [0.717, 1.165) is 6.42 Å². The molecule has 94 valence electrons. The molecule has 0 saturated carbocycles. The minimum Gasteiger partial charge on any atom is -0.399 e. The summed E-state index contributed by atoms with van der Waals surface area (Å²) in [5.74, 6) is 0.393. The van der Waals surface area contributed by atoms with Gasteiger partial charge in [-0.3, -0.25) is 0 Å². The number of nitrogens with zero attached hydrogens (tertiary/aromatic N) is 1. The second-order valence-corrected chi connectivity index (χ2v) is 6.76. The smallest absolute Gasteiger partial charge is 0.244 e. The van der Waals surface area contributed by atoms with Crippen LogP contribution in [0.4, 0.5) is 5.69 Å². The SMILES string of the molecule is CC1CCN(S(=O)(=O)c2cc(N)ccc2Cl)C1. The van der Waals surface area contributed by atoms with Crippen molar-refractivity contribution in [3.63, 3.8) is 0 Å². The van der Waals surface area contributed by atoms with Gasteiger partial charge in [-0.15, -0.1) is 0 Å². The average Bonchev–Trinajstić information content (AvgIpc) is 2.69. The Morgan fingerprint density at radius 2 is 2.18 bits per heavy atom. The van der Waals surface area contributed by atoms with Crippen molar-refractivity contribution in [2.45, 2.75) is 18.2 Å². The van der Waals surface area contributed by atoms with Crippen molar-refractivity contribution in [2.24, 2.45) is 5.92 Å². The summed E-state index contributed by atoms with van der Waals surface area (Å²) in [6.45, 7) is 3.14. The number of anilines is 1. The lowest BCUT2D eigenvalue weighted by atomic mass is 10.2. The Morgan fingerprint density at radius 1 is 1.47 bits per heavy atom. The van der Waals surface area contributed by atoms with Crippen molar-refractivity contribution in [3.8, 4) is 0 Å². The van der Waals surface area contributed by atoms with Gasteiger partial charge in [-0.2, -0.15) is 4.31 Å². The van der Waals surface area contributed by atoms with Crippen LogP contribution < -0.4 is 5.73 Å². The maximum absolute atomic E-state index is 12.3. The highest BCUT2D eigenvalue weighted by Gasteiger charge is 2.32. The summed E-state index contributed by atoms with van der Waals surface area (Å²) in [5.41, 5.74) is 6.01. The molecular weight excluding hydrogens is 260 g/mol. The van der Waals surface area contributed by atoms with Crippen LogP contribution in [-0.2, 0) is 10.0 Å². The number of rotatable bonds is 2. The molecular formula is C11H15ClN2O2S. The topological polar surface area (TPSA) is 63.4 Å². The van der Waals surface area contributed by atoms with Gasteiger partial charge >= 0.3 is 0 Å². The van der Waals surface area contributed by atoms with Crippen LogP contribution in [0.25, 0.3) is 0 Å². The maximum atomic E-state index is 12.3. The van der Waals surface area contributed by atoms with E-state index in [4.69, 9.17) is 17.3 Å². The summed E-state index contributed by atoms with van der Waals surface area (Å²) in [4.78, 5) is 0.105. The molecule has 2 rings (SSSR count). The standard InChI is InChI=1S/C11H15ClN2O2S/c1-8-4-5-14(7-8)17(15,16)11-6-9(13)2-3-10(11)12/h2-3,6,8H,4-5,7,13H2,1H3. The predicted molar refractivity (Wildman–Crippen MR) is 68.4 cm³/mol. The van der Waals surface area contributed by atoms with E-state index in [-0.39, 0.29) is 9.92 Å². The van der Waals surface area contributed by atoms with Crippen LogP contribution in [-0.4, -0.2) is 25.8 Å². The third-order valence-corrected chi connectivity index (χ3v) is 5.31. The third-order valence-electron chi connectivity index (χ3n) is 2.96. The summed E-state index contributed by atoms with van der Waals surface area (Å²) in [7, 11) is -3.50. The van der Waals surface area contributed by atoms with Crippen LogP contribution in [0, 0.1) is 5.92 Å². The van der Waals surface area contributed by atoms with E-state index in [0.29, 0.717) is 24.7 Å². The molecule has 1 fully saturated rings. The largest absolute Gasteiger partial charge is 0.399 e. The summed E-state index contributed by atoms with van der Waals surface area (Å²) in [6, 6.07) is 4.53. The number of halogens is 1. The van der Waals surface area contributed by atoms with Crippen LogP contribution in [0.3, 0.4) is 0 Å². The van der Waals surface area contributed by atoms with E-state index in [1.807, 2.05) is 6.92 Å². The summed E-state index contributed by atoms with van der Waals surface area (Å²) < 4.78 is 26.1. The molecule has 0 aromatic heterocycles. The first kappa shape index (κ1) is 12.7. The van der Waals surface area contributed by atoms with Crippen LogP contribution in [0.15, 0.2) is 23.1 Å². The molecule has 4 nitrogen and oxygen atoms in total. The lowest BCUT2D eigenvalue weighted by Crippen LogP contribution is -2.29. The van der Waals surface area contributed by atoms with E-state index in [9.17, 15) is 8.42 Å². The molecule has 2 N–H and O–H groups in total. The summed E-state index contributed by atoms with van der Waals surface area (Å²) >= 11 is 5.93. The fourth-order valence-corrected chi connectivity index (χ4v) is 4.05. The first-order valence-electron chi connectivity index (χ1n) is 5.46. The molecule has 1 aromatic rings. The number of nitrogens with two attached hydrogens (primary N) is 1. The molecule has 1 saturated heterocycles. The number of benzene rings is 1. The van der Waals surface area contributed by atoms with Gasteiger partial charge in [0.25, 0.3) is 0 Å². The van der Waals surface area contributed by atoms with Gasteiger partial charge in [0.2, 0.25) is 10.0 Å². The second kappa shape index (κ2) is 4.48. The number of hydrogen-bond acceptors (Lipinski definition) is 3. The van der Waals surface area contributed by atoms with Crippen LogP contribution >= 0.6 is 11.6 Å². The van der Waals surface area contributed by atoms with Crippen molar-refractivity contribution in [2.75, 3.05) is 18.8 Å². The zero-order valence-corrected chi connectivity index (χ0v) is 11.1. The molecule has 0 radical (unpaired) electrons. The van der Waals surface area contributed by atoms with Gasteiger partial charge in [-0.25, -0.2) is 8.42 Å². The fourth-order valence-electron chi connectivity index (χ4n) is 1.97. The number of hydrogen-bond donors (Lipinski definition) is 1. The molecule has 1 atom stereocenters. The molecule has 6 heteroatoms. The highest BCUT2D eigenvalue weighted by Crippen LogP contribution is 2.29. The quantitative estimate of drug-likeness (QED) is 0.839. The summed E-state index contributed by atoms with van der Waals surface area (Å²) in [5, 5.41) is 0.221. The first-order chi connectivity index (χ1) is 7.91. The molecule has 0 spiro atoms. The molecule has 1 aliphatic rings. The highest BCUT2D eigenvalue weighted by atomic mass is 35.5. The number of nitrogen functional groups attached to an aromatic ring is 1. The normalized spacial score (nSPS) is 21.9. The monoisotopic (exact) mass is 274 g/mol. The van der Waals surface area contributed by atoms with E-state index < -0.39 is 10.0 Å². The predicted octanol–water partition coefficient (Wildman–Crippen LogP) is 1.95.